The lowest BCUT2D eigenvalue weighted by Gasteiger charge is -2.08. The van der Waals surface area contributed by atoms with Crippen LogP contribution in [0.1, 0.15) is 64.7 Å². The maximum atomic E-state index is 11.3. The van der Waals surface area contributed by atoms with E-state index < -0.39 is 6.10 Å². The number of unbranched alkanes of at least 4 members (excludes halogenated alkanes) is 4. The van der Waals surface area contributed by atoms with Gasteiger partial charge in [0.05, 0.1) is 6.61 Å². The summed E-state index contributed by atoms with van der Waals surface area (Å²) in [5.74, 6) is -0.309. The van der Waals surface area contributed by atoms with Gasteiger partial charge in [-0.05, 0) is 38.5 Å². The molecule has 0 aliphatic rings. The van der Waals surface area contributed by atoms with E-state index in [1.807, 2.05) is 0 Å². The second kappa shape index (κ2) is 18.0. The van der Waals surface area contributed by atoms with Gasteiger partial charge in [-0.3, -0.25) is 4.79 Å². The molecule has 2 N–H and O–H groups in total. The Kier molecular flexibility index (Phi) is 16.9. The fraction of sp³-hybridized carbons (Fsp3) is 0.650. The number of carbonyl (C=O) groups excluding carboxylic acids is 1. The summed E-state index contributed by atoms with van der Waals surface area (Å²) >= 11 is 0. The summed E-state index contributed by atoms with van der Waals surface area (Å²) in [5, 5.41) is 17.7. The molecule has 0 rings (SSSR count). The highest BCUT2D eigenvalue weighted by Gasteiger charge is 2.06. The second-order valence-corrected chi connectivity index (χ2v) is 5.79. The summed E-state index contributed by atoms with van der Waals surface area (Å²) in [5.41, 5.74) is 0. The van der Waals surface area contributed by atoms with Crippen molar-refractivity contribution in [3.05, 3.63) is 36.5 Å². The lowest BCUT2D eigenvalue weighted by atomic mass is 10.1. The van der Waals surface area contributed by atoms with Crippen LogP contribution in [0.5, 0.6) is 0 Å². The average molecular weight is 338 g/mol. The van der Waals surface area contributed by atoms with E-state index in [2.05, 4.69) is 43.4 Å². The first-order chi connectivity index (χ1) is 11.7. The zero-order valence-electron chi connectivity index (χ0n) is 15.0. The van der Waals surface area contributed by atoms with Crippen molar-refractivity contribution < 1.29 is 19.7 Å². The zero-order chi connectivity index (χ0) is 17.9. The molecule has 0 spiro atoms. The van der Waals surface area contributed by atoms with E-state index in [4.69, 9.17) is 14.9 Å². The van der Waals surface area contributed by atoms with Gasteiger partial charge in [-0.1, -0.05) is 56.2 Å². The van der Waals surface area contributed by atoms with E-state index in [1.165, 1.54) is 6.42 Å². The van der Waals surface area contributed by atoms with Gasteiger partial charge < -0.3 is 14.9 Å². The van der Waals surface area contributed by atoms with Crippen molar-refractivity contribution in [1.29, 1.82) is 0 Å². The molecule has 1 unspecified atom stereocenters. The number of carbonyl (C=O) groups is 1. The lowest BCUT2D eigenvalue weighted by molar-refractivity contribution is -0.147. The van der Waals surface area contributed by atoms with Crippen molar-refractivity contribution in [3.8, 4) is 0 Å². The van der Waals surface area contributed by atoms with E-state index >= 15 is 0 Å². The molecule has 0 amide bonds. The quantitative estimate of drug-likeness (QED) is 0.268. The number of ether oxygens (including phenoxy) is 1. The van der Waals surface area contributed by atoms with Gasteiger partial charge in [0, 0.05) is 6.42 Å². The predicted octanol–water partition coefficient (Wildman–Crippen LogP) is 4.08. The minimum atomic E-state index is -0.972. The van der Waals surface area contributed by atoms with Crippen molar-refractivity contribution in [2.75, 3.05) is 13.2 Å². The standard InChI is InChI=1S/C20H34O4/c1-2-3-4-5-6-7-8-9-10-11-12-13-14-15-16-20(23)24-18-19(22)17-21/h4-5,7-8,10-11,19,21-22H,2-3,6,9,12-18H2,1H3. The predicted molar refractivity (Wildman–Crippen MR) is 98.7 cm³/mol. The highest BCUT2D eigenvalue weighted by Crippen LogP contribution is 2.05. The van der Waals surface area contributed by atoms with Crippen LogP contribution in [-0.2, 0) is 9.53 Å². The molecule has 4 nitrogen and oxygen atoms in total. The van der Waals surface area contributed by atoms with Crippen LogP contribution in [0.3, 0.4) is 0 Å². The molecule has 0 saturated heterocycles. The number of allylic oxidation sites excluding steroid dienone is 6. The summed E-state index contributed by atoms with van der Waals surface area (Å²) in [6, 6.07) is 0. The lowest BCUT2D eigenvalue weighted by Crippen LogP contribution is -2.21. The van der Waals surface area contributed by atoms with E-state index in [0.29, 0.717) is 6.42 Å². The van der Waals surface area contributed by atoms with Gasteiger partial charge >= 0.3 is 5.97 Å². The van der Waals surface area contributed by atoms with Crippen LogP contribution in [0, 0.1) is 0 Å². The minimum Gasteiger partial charge on any atom is -0.463 e. The van der Waals surface area contributed by atoms with Crippen LogP contribution in [0.2, 0.25) is 0 Å². The SMILES string of the molecule is CCCC=CCC=CCC=CCCCCCC(=O)OCC(O)CO. The molecule has 138 valence electrons. The molecule has 0 radical (unpaired) electrons. The molecular weight excluding hydrogens is 304 g/mol. The smallest absolute Gasteiger partial charge is 0.305 e. The molecule has 0 fully saturated rings. The van der Waals surface area contributed by atoms with Crippen molar-refractivity contribution >= 4 is 5.97 Å². The van der Waals surface area contributed by atoms with E-state index in [1.54, 1.807) is 0 Å². The highest BCUT2D eigenvalue weighted by molar-refractivity contribution is 5.69. The third kappa shape index (κ3) is 17.0. The number of hydrogen-bond donors (Lipinski definition) is 2. The normalized spacial score (nSPS) is 13.3. The van der Waals surface area contributed by atoms with Gasteiger partial charge in [0.2, 0.25) is 0 Å². The Morgan fingerprint density at radius 2 is 1.58 bits per heavy atom. The first-order valence-electron chi connectivity index (χ1n) is 9.10. The van der Waals surface area contributed by atoms with Crippen LogP contribution < -0.4 is 0 Å². The van der Waals surface area contributed by atoms with Gasteiger partial charge in [0.1, 0.15) is 12.7 Å². The molecular formula is C20H34O4. The third-order valence-corrected chi connectivity index (χ3v) is 3.40. The molecule has 0 aromatic heterocycles. The van der Waals surface area contributed by atoms with Crippen LogP contribution in [-0.4, -0.2) is 35.5 Å². The largest absolute Gasteiger partial charge is 0.463 e. The summed E-state index contributed by atoms with van der Waals surface area (Å²) in [4.78, 5) is 11.3. The molecule has 0 heterocycles. The van der Waals surface area contributed by atoms with Crippen LogP contribution in [0.25, 0.3) is 0 Å². The Bertz CT molecular complexity index is 372. The monoisotopic (exact) mass is 338 g/mol. The number of esters is 1. The van der Waals surface area contributed by atoms with Crippen LogP contribution in [0.4, 0.5) is 0 Å². The Morgan fingerprint density at radius 1 is 0.958 bits per heavy atom. The highest BCUT2D eigenvalue weighted by atomic mass is 16.5. The average Bonchev–Trinajstić information content (AvgIpc) is 2.59. The van der Waals surface area contributed by atoms with Gasteiger partial charge in [-0.25, -0.2) is 0 Å². The van der Waals surface area contributed by atoms with Crippen molar-refractivity contribution in [3.63, 3.8) is 0 Å². The van der Waals surface area contributed by atoms with Gasteiger partial charge in [-0.2, -0.15) is 0 Å². The maximum Gasteiger partial charge on any atom is 0.305 e. The molecule has 0 bridgehead atoms. The van der Waals surface area contributed by atoms with Crippen molar-refractivity contribution in [2.24, 2.45) is 0 Å². The molecule has 0 saturated carbocycles. The molecule has 0 aromatic carbocycles. The van der Waals surface area contributed by atoms with E-state index in [-0.39, 0.29) is 19.2 Å². The molecule has 1 atom stereocenters. The van der Waals surface area contributed by atoms with E-state index in [0.717, 1.165) is 44.9 Å². The maximum absolute atomic E-state index is 11.3. The Morgan fingerprint density at radius 3 is 2.21 bits per heavy atom. The second-order valence-electron chi connectivity index (χ2n) is 5.79. The summed E-state index contributed by atoms with van der Waals surface area (Å²) in [6.45, 7) is 1.67. The number of aliphatic hydroxyl groups excluding tert-OH is 2. The summed E-state index contributed by atoms with van der Waals surface area (Å²) in [6.07, 6.45) is 20.8. The topological polar surface area (TPSA) is 66.8 Å². The van der Waals surface area contributed by atoms with Crippen molar-refractivity contribution in [2.45, 2.75) is 70.8 Å². The number of aliphatic hydroxyl groups is 2. The summed E-state index contributed by atoms with van der Waals surface area (Å²) in [7, 11) is 0. The molecule has 0 aromatic rings. The van der Waals surface area contributed by atoms with E-state index in [9.17, 15) is 4.79 Å². The summed E-state index contributed by atoms with van der Waals surface area (Å²) < 4.78 is 4.83. The van der Waals surface area contributed by atoms with Crippen LogP contribution >= 0.6 is 0 Å². The number of rotatable bonds is 15. The van der Waals surface area contributed by atoms with Gasteiger partial charge in [-0.15, -0.1) is 0 Å². The molecule has 4 heteroatoms. The minimum absolute atomic E-state index is 0.125. The van der Waals surface area contributed by atoms with Gasteiger partial charge in [0.25, 0.3) is 0 Å². The van der Waals surface area contributed by atoms with Gasteiger partial charge in [0.15, 0.2) is 0 Å². The zero-order valence-corrected chi connectivity index (χ0v) is 15.0. The third-order valence-electron chi connectivity index (χ3n) is 3.40. The fourth-order valence-electron chi connectivity index (χ4n) is 1.97. The Labute approximate surface area is 146 Å². The molecule has 0 aliphatic heterocycles. The first kappa shape index (κ1) is 22.6. The molecule has 24 heavy (non-hydrogen) atoms. The fourth-order valence-corrected chi connectivity index (χ4v) is 1.97. The Hall–Kier alpha value is -1.39. The van der Waals surface area contributed by atoms with Crippen molar-refractivity contribution in [1.82, 2.24) is 0 Å². The molecule has 0 aliphatic carbocycles. The number of hydrogen-bond acceptors (Lipinski definition) is 4. The first-order valence-corrected chi connectivity index (χ1v) is 9.10. The van der Waals surface area contributed by atoms with Crippen LogP contribution in [0.15, 0.2) is 36.5 Å². The Balaban J connectivity index is 3.40.